The number of aryl methyl sites for hydroxylation is 1. The van der Waals surface area contributed by atoms with Gasteiger partial charge in [-0.05, 0) is 37.1 Å². The molecule has 0 saturated carbocycles. The molecule has 1 N–H and O–H groups in total. The predicted molar refractivity (Wildman–Crippen MR) is 109 cm³/mol. The lowest BCUT2D eigenvalue weighted by Gasteiger charge is -2.07. The standard InChI is InChI=1S/C18H18ClFN4OS2/c1-4-12-10(2)26-8-13(12)17-22-23-18(24(17)3)27-9-16(25)21-11-5-6-15(20)14(19)7-11/h5-8H,4,9H2,1-3H3,(H,21,25). The van der Waals surface area contributed by atoms with Crippen molar-refractivity contribution in [1.29, 1.82) is 0 Å². The Morgan fingerprint density at radius 2 is 2.19 bits per heavy atom. The molecule has 2 aromatic heterocycles. The van der Waals surface area contributed by atoms with Gasteiger partial charge in [-0.15, -0.1) is 21.5 Å². The number of hydrogen-bond acceptors (Lipinski definition) is 5. The van der Waals surface area contributed by atoms with Crippen LogP contribution in [-0.2, 0) is 18.3 Å². The number of carbonyl (C=O) groups is 1. The maximum atomic E-state index is 13.2. The lowest BCUT2D eigenvalue weighted by atomic mass is 10.1. The van der Waals surface area contributed by atoms with Gasteiger partial charge in [-0.2, -0.15) is 0 Å². The van der Waals surface area contributed by atoms with Gasteiger partial charge in [0.25, 0.3) is 0 Å². The molecule has 0 aliphatic carbocycles. The third kappa shape index (κ3) is 4.34. The number of nitrogens with one attached hydrogen (secondary N) is 1. The quantitative estimate of drug-likeness (QED) is 0.569. The van der Waals surface area contributed by atoms with Crippen LogP contribution in [0.2, 0.25) is 5.02 Å². The molecule has 3 rings (SSSR count). The molecular weight excluding hydrogens is 407 g/mol. The zero-order chi connectivity index (χ0) is 19.6. The van der Waals surface area contributed by atoms with Gasteiger partial charge in [0.15, 0.2) is 11.0 Å². The minimum absolute atomic E-state index is 0.0313. The Kier molecular flexibility index (Phi) is 6.18. The molecule has 0 atom stereocenters. The van der Waals surface area contributed by atoms with Gasteiger partial charge in [-0.1, -0.05) is 30.3 Å². The Morgan fingerprint density at radius 3 is 2.89 bits per heavy atom. The van der Waals surface area contributed by atoms with Crippen LogP contribution in [0.1, 0.15) is 17.4 Å². The second-order valence-electron chi connectivity index (χ2n) is 5.87. The zero-order valence-corrected chi connectivity index (χ0v) is 17.4. The van der Waals surface area contributed by atoms with Gasteiger partial charge >= 0.3 is 0 Å². The van der Waals surface area contributed by atoms with E-state index in [1.54, 1.807) is 11.3 Å². The smallest absolute Gasteiger partial charge is 0.234 e. The maximum Gasteiger partial charge on any atom is 0.234 e. The molecule has 0 aliphatic rings. The van der Waals surface area contributed by atoms with Crippen molar-refractivity contribution in [2.45, 2.75) is 25.4 Å². The Labute approximate surface area is 170 Å². The number of hydrogen-bond donors (Lipinski definition) is 1. The second-order valence-corrected chi connectivity index (χ2v) is 8.30. The van der Waals surface area contributed by atoms with Crippen molar-refractivity contribution >= 4 is 46.3 Å². The Bertz CT molecular complexity index is 986. The molecule has 0 fully saturated rings. The summed E-state index contributed by atoms with van der Waals surface area (Å²) in [6.07, 6.45) is 0.933. The first-order valence-corrected chi connectivity index (χ1v) is 10.5. The molecule has 0 unspecified atom stereocenters. The monoisotopic (exact) mass is 424 g/mol. The molecule has 9 heteroatoms. The highest BCUT2D eigenvalue weighted by Crippen LogP contribution is 2.32. The van der Waals surface area contributed by atoms with E-state index in [0.29, 0.717) is 10.8 Å². The number of halogens is 2. The summed E-state index contributed by atoms with van der Waals surface area (Å²) in [5, 5.41) is 13.9. The summed E-state index contributed by atoms with van der Waals surface area (Å²) in [5.41, 5.74) is 2.82. The van der Waals surface area contributed by atoms with E-state index < -0.39 is 5.82 Å². The lowest BCUT2D eigenvalue weighted by Crippen LogP contribution is -2.14. The van der Waals surface area contributed by atoms with Gasteiger partial charge in [0.1, 0.15) is 5.82 Å². The van der Waals surface area contributed by atoms with Gasteiger partial charge in [0, 0.05) is 28.6 Å². The summed E-state index contributed by atoms with van der Waals surface area (Å²) in [7, 11) is 1.89. The summed E-state index contributed by atoms with van der Waals surface area (Å²) in [4.78, 5) is 13.4. The highest BCUT2D eigenvalue weighted by Gasteiger charge is 2.17. The second kappa shape index (κ2) is 8.41. The number of aromatic nitrogens is 3. The number of rotatable bonds is 6. The fourth-order valence-corrected chi connectivity index (χ4v) is 4.51. The van der Waals surface area contributed by atoms with Crippen molar-refractivity contribution in [3.8, 4) is 11.4 Å². The van der Waals surface area contributed by atoms with Crippen molar-refractivity contribution in [1.82, 2.24) is 14.8 Å². The van der Waals surface area contributed by atoms with Gasteiger partial charge in [0.05, 0.1) is 10.8 Å². The largest absolute Gasteiger partial charge is 0.325 e. The molecule has 0 saturated heterocycles. The van der Waals surface area contributed by atoms with E-state index >= 15 is 0 Å². The third-order valence-corrected chi connectivity index (χ3v) is 6.33. The molecule has 0 spiro atoms. The van der Waals surface area contributed by atoms with Crippen LogP contribution in [0.25, 0.3) is 11.4 Å². The molecular formula is C18H18ClFN4OS2. The first kappa shape index (κ1) is 19.9. The highest BCUT2D eigenvalue weighted by atomic mass is 35.5. The molecule has 1 aromatic carbocycles. The highest BCUT2D eigenvalue weighted by molar-refractivity contribution is 7.99. The van der Waals surface area contributed by atoms with Crippen LogP contribution >= 0.6 is 34.7 Å². The summed E-state index contributed by atoms with van der Waals surface area (Å²) in [6.45, 7) is 4.22. The van der Waals surface area contributed by atoms with E-state index in [1.807, 2.05) is 11.6 Å². The number of benzene rings is 1. The fourth-order valence-electron chi connectivity index (χ4n) is 2.68. The van der Waals surface area contributed by atoms with Crippen molar-refractivity contribution in [2.24, 2.45) is 7.05 Å². The van der Waals surface area contributed by atoms with E-state index in [1.165, 1.54) is 40.4 Å². The van der Waals surface area contributed by atoms with Crippen LogP contribution in [-0.4, -0.2) is 26.4 Å². The van der Waals surface area contributed by atoms with Crippen molar-refractivity contribution in [3.05, 3.63) is 44.9 Å². The summed E-state index contributed by atoms with van der Waals surface area (Å²) < 4.78 is 15.1. The maximum absolute atomic E-state index is 13.2. The first-order chi connectivity index (χ1) is 12.9. The van der Waals surface area contributed by atoms with E-state index in [0.717, 1.165) is 17.8 Å². The zero-order valence-electron chi connectivity index (χ0n) is 15.0. The van der Waals surface area contributed by atoms with E-state index in [9.17, 15) is 9.18 Å². The normalized spacial score (nSPS) is 11.0. The molecule has 27 heavy (non-hydrogen) atoms. The number of carbonyl (C=O) groups excluding carboxylic acids is 1. The van der Waals surface area contributed by atoms with Crippen molar-refractivity contribution in [3.63, 3.8) is 0 Å². The predicted octanol–water partition coefficient (Wildman–Crippen LogP) is 4.94. The summed E-state index contributed by atoms with van der Waals surface area (Å²) in [6, 6.07) is 4.06. The Hall–Kier alpha value is -1.90. The van der Waals surface area contributed by atoms with Gasteiger partial charge in [-0.25, -0.2) is 4.39 Å². The average Bonchev–Trinajstić information content (AvgIpc) is 3.18. The van der Waals surface area contributed by atoms with Crippen LogP contribution in [0.3, 0.4) is 0 Å². The van der Waals surface area contributed by atoms with E-state index in [-0.39, 0.29) is 16.7 Å². The van der Waals surface area contributed by atoms with Crippen LogP contribution in [0.5, 0.6) is 0 Å². The molecule has 142 valence electrons. The average molecular weight is 425 g/mol. The molecule has 5 nitrogen and oxygen atoms in total. The Balaban J connectivity index is 1.67. The third-order valence-electron chi connectivity index (χ3n) is 4.07. The SMILES string of the molecule is CCc1c(-c2nnc(SCC(=O)Nc3ccc(F)c(Cl)c3)n2C)csc1C. The minimum atomic E-state index is -0.522. The van der Waals surface area contributed by atoms with Crippen LogP contribution < -0.4 is 5.32 Å². The van der Waals surface area contributed by atoms with Gasteiger partial charge in [-0.3, -0.25) is 4.79 Å². The lowest BCUT2D eigenvalue weighted by molar-refractivity contribution is -0.113. The van der Waals surface area contributed by atoms with Crippen molar-refractivity contribution < 1.29 is 9.18 Å². The summed E-state index contributed by atoms with van der Waals surface area (Å²) >= 11 is 8.72. The number of anilines is 1. The number of thiophene rings is 1. The number of amides is 1. The Morgan fingerprint density at radius 1 is 1.41 bits per heavy atom. The first-order valence-electron chi connectivity index (χ1n) is 8.25. The van der Waals surface area contributed by atoms with Crippen molar-refractivity contribution in [2.75, 3.05) is 11.1 Å². The van der Waals surface area contributed by atoms with Gasteiger partial charge < -0.3 is 9.88 Å². The number of nitrogens with zero attached hydrogens (tertiary/aromatic N) is 3. The topological polar surface area (TPSA) is 59.8 Å². The van der Waals surface area contributed by atoms with E-state index in [2.05, 4.69) is 34.7 Å². The van der Waals surface area contributed by atoms with Crippen LogP contribution in [0.4, 0.5) is 10.1 Å². The molecule has 0 aliphatic heterocycles. The molecule has 0 radical (unpaired) electrons. The molecule has 3 aromatic rings. The molecule has 1 amide bonds. The van der Waals surface area contributed by atoms with E-state index in [4.69, 9.17) is 11.6 Å². The van der Waals surface area contributed by atoms with Crippen LogP contribution in [0.15, 0.2) is 28.7 Å². The van der Waals surface area contributed by atoms with Crippen LogP contribution in [0, 0.1) is 12.7 Å². The minimum Gasteiger partial charge on any atom is -0.325 e. The summed E-state index contributed by atoms with van der Waals surface area (Å²) in [5.74, 6) is 0.201. The molecule has 0 bridgehead atoms. The fraction of sp³-hybridized carbons (Fsp3) is 0.278. The van der Waals surface area contributed by atoms with Gasteiger partial charge in [0.2, 0.25) is 5.91 Å². The number of thioether (sulfide) groups is 1. The molecule has 2 heterocycles.